The second kappa shape index (κ2) is 6.81. The Morgan fingerprint density at radius 2 is 1.70 bits per heavy atom. The molecule has 0 aliphatic carbocycles. The molecule has 1 aliphatic rings. The van der Waals surface area contributed by atoms with Gasteiger partial charge in [0.05, 0.1) is 4.83 Å². The van der Waals surface area contributed by atoms with Gasteiger partial charge in [0, 0.05) is 36.9 Å². The summed E-state index contributed by atoms with van der Waals surface area (Å²) in [5.41, 5.74) is 1.17. The lowest BCUT2D eigenvalue weighted by atomic mass is 10.1. The molecule has 3 nitrogen and oxygen atoms in total. The highest BCUT2D eigenvalue weighted by Gasteiger charge is 2.27. The molecule has 1 aliphatic heterocycles. The smallest absolute Gasteiger partial charge is 0.236 e. The van der Waals surface area contributed by atoms with Crippen LogP contribution in [0.1, 0.15) is 13.8 Å². The Morgan fingerprint density at radius 1 is 1.15 bits per heavy atom. The molecule has 1 aromatic carbocycles. The normalized spacial score (nSPS) is 17.4. The van der Waals surface area contributed by atoms with Gasteiger partial charge in [-0.3, -0.25) is 4.79 Å². The van der Waals surface area contributed by atoms with Gasteiger partial charge in [0.2, 0.25) is 5.91 Å². The van der Waals surface area contributed by atoms with Crippen molar-refractivity contribution in [3.8, 4) is 0 Å². The first-order chi connectivity index (χ1) is 9.49. The van der Waals surface area contributed by atoms with E-state index in [-0.39, 0.29) is 10.7 Å². The number of hydrogen-bond acceptors (Lipinski definition) is 2. The van der Waals surface area contributed by atoms with Gasteiger partial charge in [-0.1, -0.05) is 41.4 Å². The minimum atomic E-state index is -0.0791. The Hall–Kier alpha value is -0.740. The molecule has 0 spiro atoms. The number of hydrogen-bond donors (Lipinski definition) is 0. The van der Waals surface area contributed by atoms with Gasteiger partial charge in [-0.25, -0.2) is 0 Å². The molecule has 1 heterocycles. The van der Waals surface area contributed by atoms with Crippen LogP contribution in [0.5, 0.6) is 0 Å². The highest BCUT2D eigenvalue weighted by Crippen LogP contribution is 2.21. The first-order valence-electron chi connectivity index (χ1n) is 6.92. The SMILES string of the molecule is CC(C)C(Br)C(=O)N1CCN(c2ccc(Cl)cc2)CC1. The van der Waals surface area contributed by atoms with Crippen LogP contribution in [0.3, 0.4) is 0 Å². The molecule has 0 aromatic heterocycles. The fourth-order valence-corrected chi connectivity index (χ4v) is 2.71. The molecule has 1 saturated heterocycles. The van der Waals surface area contributed by atoms with Crippen LogP contribution in [0.4, 0.5) is 5.69 Å². The number of piperazine rings is 1. The molecule has 0 saturated carbocycles. The van der Waals surface area contributed by atoms with Crippen molar-refractivity contribution in [2.75, 3.05) is 31.1 Å². The van der Waals surface area contributed by atoms with E-state index in [1.807, 2.05) is 29.2 Å². The van der Waals surface area contributed by atoms with E-state index in [9.17, 15) is 4.79 Å². The van der Waals surface area contributed by atoms with Crippen LogP contribution in [0.2, 0.25) is 5.02 Å². The number of nitrogens with zero attached hydrogens (tertiary/aromatic N) is 2. The molecule has 1 amide bonds. The lowest BCUT2D eigenvalue weighted by Crippen LogP contribution is -2.51. The maximum atomic E-state index is 12.3. The summed E-state index contributed by atoms with van der Waals surface area (Å²) in [4.78, 5) is 16.4. The standard InChI is InChI=1S/C15H20BrClN2O/c1-11(2)14(16)15(20)19-9-7-18(8-10-19)13-5-3-12(17)4-6-13/h3-6,11,14H,7-10H2,1-2H3. The van der Waals surface area contributed by atoms with Crippen LogP contribution in [-0.2, 0) is 4.79 Å². The van der Waals surface area contributed by atoms with Crippen molar-refractivity contribution < 1.29 is 4.79 Å². The third kappa shape index (κ3) is 3.67. The minimum Gasteiger partial charge on any atom is -0.368 e. The molecule has 0 bridgehead atoms. The van der Waals surface area contributed by atoms with Crippen LogP contribution in [0.25, 0.3) is 0 Å². The predicted molar refractivity (Wildman–Crippen MR) is 87.8 cm³/mol. The topological polar surface area (TPSA) is 23.6 Å². The van der Waals surface area contributed by atoms with Gasteiger partial charge in [-0.05, 0) is 30.2 Å². The van der Waals surface area contributed by atoms with Gasteiger partial charge < -0.3 is 9.80 Å². The number of amides is 1. The van der Waals surface area contributed by atoms with E-state index in [1.54, 1.807) is 0 Å². The fourth-order valence-electron chi connectivity index (χ4n) is 2.30. The van der Waals surface area contributed by atoms with Gasteiger partial charge in [0.25, 0.3) is 0 Å². The molecular weight excluding hydrogens is 340 g/mol. The maximum absolute atomic E-state index is 12.3. The van der Waals surface area contributed by atoms with Gasteiger partial charge >= 0.3 is 0 Å². The van der Waals surface area contributed by atoms with Crippen molar-refractivity contribution in [3.05, 3.63) is 29.3 Å². The average Bonchev–Trinajstić information content (AvgIpc) is 2.46. The van der Waals surface area contributed by atoms with Gasteiger partial charge in [0.1, 0.15) is 0 Å². The molecule has 1 fully saturated rings. The molecule has 2 rings (SSSR count). The van der Waals surface area contributed by atoms with Crippen molar-refractivity contribution in [2.24, 2.45) is 5.92 Å². The Morgan fingerprint density at radius 3 is 2.20 bits per heavy atom. The Kier molecular flexibility index (Phi) is 5.33. The van der Waals surface area contributed by atoms with E-state index in [2.05, 4.69) is 34.7 Å². The summed E-state index contributed by atoms with van der Waals surface area (Å²) < 4.78 is 0. The quantitative estimate of drug-likeness (QED) is 0.772. The summed E-state index contributed by atoms with van der Waals surface area (Å²) in [7, 11) is 0. The Bertz CT molecular complexity index is 455. The number of carbonyl (C=O) groups is 1. The molecular formula is C15H20BrClN2O. The molecule has 110 valence electrons. The number of benzene rings is 1. The van der Waals surface area contributed by atoms with Gasteiger partial charge in [-0.15, -0.1) is 0 Å². The first-order valence-corrected chi connectivity index (χ1v) is 8.22. The number of carbonyl (C=O) groups excluding carboxylic acids is 1. The zero-order valence-corrected chi connectivity index (χ0v) is 14.2. The van der Waals surface area contributed by atoms with Crippen LogP contribution >= 0.6 is 27.5 Å². The van der Waals surface area contributed by atoms with Crippen molar-refractivity contribution in [2.45, 2.75) is 18.7 Å². The van der Waals surface area contributed by atoms with Crippen molar-refractivity contribution >= 4 is 39.1 Å². The summed E-state index contributed by atoms with van der Waals surface area (Å²) in [5, 5.41) is 0.752. The summed E-state index contributed by atoms with van der Waals surface area (Å²) in [6, 6.07) is 7.87. The Labute approximate surface area is 134 Å². The molecule has 20 heavy (non-hydrogen) atoms. The summed E-state index contributed by atoms with van der Waals surface area (Å²) >= 11 is 9.39. The van der Waals surface area contributed by atoms with Crippen LogP contribution in [-0.4, -0.2) is 41.8 Å². The average molecular weight is 360 g/mol. The highest BCUT2D eigenvalue weighted by atomic mass is 79.9. The van der Waals surface area contributed by atoms with E-state index >= 15 is 0 Å². The second-order valence-corrected chi connectivity index (χ2v) is 6.86. The van der Waals surface area contributed by atoms with Crippen molar-refractivity contribution in [3.63, 3.8) is 0 Å². The summed E-state index contributed by atoms with van der Waals surface area (Å²) in [6.07, 6.45) is 0. The number of halogens is 2. The van der Waals surface area contributed by atoms with E-state index < -0.39 is 0 Å². The zero-order chi connectivity index (χ0) is 14.7. The highest BCUT2D eigenvalue weighted by molar-refractivity contribution is 9.10. The molecule has 5 heteroatoms. The maximum Gasteiger partial charge on any atom is 0.236 e. The van der Waals surface area contributed by atoms with Crippen LogP contribution < -0.4 is 4.90 Å². The second-order valence-electron chi connectivity index (χ2n) is 5.43. The lowest BCUT2D eigenvalue weighted by molar-refractivity contribution is -0.131. The number of anilines is 1. The minimum absolute atomic E-state index is 0.0791. The molecule has 1 unspecified atom stereocenters. The number of alkyl halides is 1. The van der Waals surface area contributed by atoms with E-state index in [0.29, 0.717) is 5.92 Å². The van der Waals surface area contributed by atoms with Crippen LogP contribution in [0.15, 0.2) is 24.3 Å². The third-order valence-electron chi connectivity index (χ3n) is 3.60. The largest absolute Gasteiger partial charge is 0.368 e. The molecule has 0 radical (unpaired) electrons. The summed E-state index contributed by atoms with van der Waals surface area (Å²) in [6.45, 7) is 7.39. The monoisotopic (exact) mass is 358 g/mol. The van der Waals surface area contributed by atoms with Crippen molar-refractivity contribution in [1.82, 2.24) is 4.90 Å². The lowest BCUT2D eigenvalue weighted by Gasteiger charge is -2.37. The van der Waals surface area contributed by atoms with Gasteiger partial charge in [-0.2, -0.15) is 0 Å². The predicted octanol–water partition coefficient (Wildman–Crippen LogP) is 3.41. The fraction of sp³-hybridized carbons (Fsp3) is 0.533. The van der Waals surface area contributed by atoms with E-state index in [1.165, 1.54) is 5.69 Å². The first kappa shape index (κ1) is 15.6. The third-order valence-corrected chi connectivity index (χ3v) is 5.31. The van der Waals surface area contributed by atoms with Crippen LogP contribution in [0, 0.1) is 5.92 Å². The zero-order valence-electron chi connectivity index (χ0n) is 11.9. The molecule has 0 N–H and O–H groups in total. The summed E-state index contributed by atoms with van der Waals surface area (Å²) in [5.74, 6) is 0.521. The van der Waals surface area contributed by atoms with E-state index in [4.69, 9.17) is 11.6 Å². The van der Waals surface area contributed by atoms with Gasteiger partial charge in [0.15, 0.2) is 0 Å². The Balaban J connectivity index is 1.92. The van der Waals surface area contributed by atoms with Crippen molar-refractivity contribution in [1.29, 1.82) is 0 Å². The molecule has 1 atom stereocenters. The van der Waals surface area contributed by atoms with E-state index in [0.717, 1.165) is 31.2 Å². The molecule has 1 aromatic rings. The number of rotatable bonds is 3.